The van der Waals surface area contributed by atoms with Gasteiger partial charge in [0.15, 0.2) is 0 Å². The Hall–Kier alpha value is -1.10. The average molecular weight is 239 g/mol. The van der Waals surface area contributed by atoms with Crippen molar-refractivity contribution in [3.63, 3.8) is 0 Å². The van der Waals surface area contributed by atoms with Crippen molar-refractivity contribution in [1.82, 2.24) is 15.5 Å². The van der Waals surface area contributed by atoms with E-state index in [0.717, 1.165) is 25.9 Å². The number of carbonyl (C=O) groups excluding carboxylic acids is 2. The summed E-state index contributed by atoms with van der Waals surface area (Å²) in [7, 11) is 1.62. The summed E-state index contributed by atoms with van der Waals surface area (Å²) in [6.07, 6.45) is 4.70. The number of likely N-dealkylation sites (N-methyl/N-ethyl adjacent to an activating group) is 1. The first kappa shape index (κ1) is 12.4. The van der Waals surface area contributed by atoms with E-state index in [1.54, 1.807) is 11.9 Å². The van der Waals surface area contributed by atoms with Crippen LogP contribution in [0.2, 0.25) is 0 Å². The molecule has 2 N–H and O–H groups in total. The van der Waals surface area contributed by atoms with Gasteiger partial charge >= 0.3 is 0 Å². The maximum absolute atomic E-state index is 12.0. The molecule has 2 aliphatic rings. The number of carbonyl (C=O) groups is 2. The van der Waals surface area contributed by atoms with E-state index in [1.165, 1.54) is 12.8 Å². The molecule has 2 rings (SSSR count). The maximum Gasteiger partial charge on any atom is 0.242 e. The molecular weight excluding hydrogens is 218 g/mol. The van der Waals surface area contributed by atoms with Crippen LogP contribution < -0.4 is 10.6 Å². The van der Waals surface area contributed by atoms with Crippen molar-refractivity contribution in [2.24, 2.45) is 0 Å². The lowest BCUT2D eigenvalue weighted by molar-refractivity contribution is -0.138. The number of nitrogens with one attached hydrogen (secondary N) is 2. The summed E-state index contributed by atoms with van der Waals surface area (Å²) in [5, 5.41) is 5.95. The first-order valence-corrected chi connectivity index (χ1v) is 6.47. The van der Waals surface area contributed by atoms with Crippen LogP contribution in [0.15, 0.2) is 0 Å². The molecule has 1 saturated carbocycles. The third-order valence-electron chi connectivity index (χ3n) is 3.47. The Morgan fingerprint density at radius 1 is 1.29 bits per heavy atom. The first-order chi connectivity index (χ1) is 8.22. The van der Waals surface area contributed by atoms with Crippen LogP contribution in [0, 0.1) is 0 Å². The van der Waals surface area contributed by atoms with Crippen molar-refractivity contribution in [3.05, 3.63) is 0 Å². The molecule has 0 bridgehead atoms. The molecule has 0 aromatic rings. The van der Waals surface area contributed by atoms with E-state index in [-0.39, 0.29) is 17.9 Å². The minimum atomic E-state index is -0.242. The Balaban J connectivity index is 1.77. The van der Waals surface area contributed by atoms with Crippen molar-refractivity contribution in [3.8, 4) is 0 Å². The van der Waals surface area contributed by atoms with Gasteiger partial charge in [0.1, 0.15) is 6.04 Å². The largest absolute Gasteiger partial charge is 0.357 e. The summed E-state index contributed by atoms with van der Waals surface area (Å²) in [5.41, 5.74) is 0. The molecule has 1 unspecified atom stereocenters. The van der Waals surface area contributed by atoms with Gasteiger partial charge in [0, 0.05) is 32.6 Å². The molecule has 1 aliphatic heterocycles. The highest BCUT2D eigenvalue weighted by molar-refractivity contribution is 5.88. The van der Waals surface area contributed by atoms with Gasteiger partial charge in [-0.15, -0.1) is 0 Å². The molecule has 0 spiro atoms. The third kappa shape index (κ3) is 3.19. The zero-order valence-corrected chi connectivity index (χ0v) is 10.4. The van der Waals surface area contributed by atoms with Gasteiger partial charge in [0.05, 0.1) is 0 Å². The molecule has 2 amide bonds. The van der Waals surface area contributed by atoms with Crippen LogP contribution in [-0.4, -0.2) is 48.9 Å². The number of nitrogens with zero attached hydrogens (tertiary/aromatic N) is 1. The summed E-state index contributed by atoms with van der Waals surface area (Å²) < 4.78 is 0. The fraction of sp³-hybridized carbons (Fsp3) is 0.833. The SMILES string of the molecule is CNC(=O)C1CCCN1C(=O)CCNC1CC1. The molecule has 0 radical (unpaired) electrons. The van der Waals surface area contributed by atoms with Crippen molar-refractivity contribution in [2.75, 3.05) is 20.1 Å². The molecule has 1 aliphatic carbocycles. The number of amides is 2. The van der Waals surface area contributed by atoms with Crippen molar-refractivity contribution in [1.29, 1.82) is 0 Å². The van der Waals surface area contributed by atoms with Crippen LogP contribution in [0.5, 0.6) is 0 Å². The lowest BCUT2D eigenvalue weighted by atomic mass is 10.2. The fourth-order valence-electron chi connectivity index (χ4n) is 2.32. The predicted molar refractivity (Wildman–Crippen MR) is 64.4 cm³/mol. The molecule has 17 heavy (non-hydrogen) atoms. The van der Waals surface area contributed by atoms with E-state index < -0.39 is 0 Å². The smallest absolute Gasteiger partial charge is 0.242 e. The first-order valence-electron chi connectivity index (χ1n) is 6.47. The van der Waals surface area contributed by atoms with Crippen LogP contribution in [0.3, 0.4) is 0 Å². The van der Waals surface area contributed by atoms with Gasteiger partial charge in [-0.2, -0.15) is 0 Å². The molecule has 5 nitrogen and oxygen atoms in total. The van der Waals surface area contributed by atoms with Crippen LogP contribution in [0.25, 0.3) is 0 Å². The van der Waals surface area contributed by atoms with Gasteiger partial charge in [0.2, 0.25) is 11.8 Å². The van der Waals surface area contributed by atoms with E-state index in [9.17, 15) is 9.59 Å². The van der Waals surface area contributed by atoms with Crippen LogP contribution in [-0.2, 0) is 9.59 Å². The summed E-state index contributed by atoms with van der Waals surface area (Å²) in [4.78, 5) is 25.3. The normalized spacial score (nSPS) is 23.8. The molecule has 5 heteroatoms. The summed E-state index contributed by atoms with van der Waals surface area (Å²) >= 11 is 0. The van der Waals surface area contributed by atoms with Gasteiger partial charge < -0.3 is 15.5 Å². The predicted octanol–water partition coefficient (Wildman–Crippen LogP) is -0.134. The Bertz CT molecular complexity index is 302. The molecule has 2 fully saturated rings. The van der Waals surface area contributed by atoms with E-state index in [0.29, 0.717) is 12.5 Å². The van der Waals surface area contributed by atoms with Crippen molar-refractivity contribution >= 4 is 11.8 Å². The lowest BCUT2D eigenvalue weighted by Crippen LogP contribution is -2.45. The second-order valence-electron chi connectivity index (χ2n) is 4.84. The molecular formula is C12H21N3O2. The number of hydrogen-bond donors (Lipinski definition) is 2. The van der Waals surface area contributed by atoms with Crippen molar-refractivity contribution in [2.45, 2.75) is 44.2 Å². The Kier molecular flexibility index (Phi) is 3.99. The zero-order chi connectivity index (χ0) is 12.3. The Morgan fingerprint density at radius 3 is 2.71 bits per heavy atom. The highest BCUT2D eigenvalue weighted by Gasteiger charge is 2.33. The highest BCUT2D eigenvalue weighted by Crippen LogP contribution is 2.20. The molecule has 1 atom stereocenters. The van der Waals surface area contributed by atoms with E-state index in [2.05, 4.69) is 10.6 Å². The standard InChI is InChI=1S/C12H21N3O2/c1-13-12(17)10-3-2-8-15(10)11(16)6-7-14-9-4-5-9/h9-10,14H,2-8H2,1H3,(H,13,17). The minimum Gasteiger partial charge on any atom is -0.357 e. The average Bonchev–Trinajstić information content (AvgIpc) is 3.02. The second kappa shape index (κ2) is 5.49. The van der Waals surface area contributed by atoms with Gasteiger partial charge in [-0.05, 0) is 25.7 Å². The zero-order valence-electron chi connectivity index (χ0n) is 10.4. The molecule has 1 saturated heterocycles. The molecule has 1 heterocycles. The van der Waals surface area contributed by atoms with Gasteiger partial charge in [-0.3, -0.25) is 9.59 Å². The topological polar surface area (TPSA) is 61.4 Å². The van der Waals surface area contributed by atoms with Crippen LogP contribution >= 0.6 is 0 Å². The molecule has 0 aromatic carbocycles. The van der Waals surface area contributed by atoms with E-state index in [4.69, 9.17) is 0 Å². The quantitative estimate of drug-likeness (QED) is 0.702. The Labute approximate surface area is 102 Å². The Morgan fingerprint density at radius 2 is 2.06 bits per heavy atom. The third-order valence-corrected chi connectivity index (χ3v) is 3.47. The highest BCUT2D eigenvalue weighted by atomic mass is 16.2. The van der Waals surface area contributed by atoms with Crippen LogP contribution in [0.4, 0.5) is 0 Å². The van der Waals surface area contributed by atoms with Gasteiger partial charge in [0.25, 0.3) is 0 Å². The monoisotopic (exact) mass is 239 g/mol. The number of likely N-dealkylation sites (tertiary alicyclic amines) is 1. The number of hydrogen-bond acceptors (Lipinski definition) is 3. The molecule has 96 valence electrons. The van der Waals surface area contributed by atoms with E-state index >= 15 is 0 Å². The second-order valence-corrected chi connectivity index (χ2v) is 4.84. The summed E-state index contributed by atoms with van der Waals surface area (Å²) in [6.45, 7) is 1.46. The maximum atomic E-state index is 12.0. The molecule has 0 aromatic heterocycles. The number of rotatable bonds is 5. The summed E-state index contributed by atoms with van der Waals surface area (Å²) in [5.74, 6) is 0.0650. The van der Waals surface area contributed by atoms with Gasteiger partial charge in [-0.1, -0.05) is 0 Å². The fourth-order valence-corrected chi connectivity index (χ4v) is 2.32. The summed E-state index contributed by atoms with van der Waals surface area (Å²) in [6, 6.07) is 0.393. The minimum absolute atomic E-state index is 0.0361. The van der Waals surface area contributed by atoms with Crippen molar-refractivity contribution < 1.29 is 9.59 Å². The lowest BCUT2D eigenvalue weighted by Gasteiger charge is -2.23. The van der Waals surface area contributed by atoms with Gasteiger partial charge in [-0.25, -0.2) is 0 Å². The van der Waals surface area contributed by atoms with Crippen LogP contribution in [0.1, 0.15) is 32.1 Å². The van der Waals surface area contributed by atoms with E-state index in [1.807, 2.05) is 0 Å².